The van der Waals surface area contributed by atoms with E-state index in [-0.39, 0.29) is 19.4 Å². The van der Waals surface area contributed by atoms with Gasteiger partial charge in [-0.25, -0.2) is 4.79 Å². The van der Waals surface area contributed by atoms with E-state index in [1.54, 1.807) is 12.1 Å². The first-order chi connectivity index (χ1) is 14.2. The summed E-state index contributed by atoms with van der Waals surface area (Å²) >= 11 is 1.01. The number of aliphatic hydroxyl groups is 4. The molecule has 6 N–H and O–H groups in total. The quantitative estimate of drug-likeness (QED) is 0.310. The zero-order chi connectivity index (χ0) is 22.5. The molecule has 10 heteroatoms. The largest absolute Gasteiger partial charge is 0.466 e. The highest BCUT2D eigenvalue weighted by Crippen LogP contribution is 2.46. The van der Waals surface area contributed by atoms with Gasteiger partial charge in [0.15, 0.2) is 5.78 Å². The summed E-state index contributed by atoms with van der Waals surface area (Å²) in [5, 5.41) is 40.6. The second kappa shape index (κ2) is 10.7. The van der Waals surface area contributed by atoms with E-state index in [0.717, 1.165) is 17.3 Å². The van der Waals surface area contributed by atoms with Crippen LogP contribution >= 0.6 is 11.8 Å². The van der Waals surface area contributed by atoms with Crippen molar-refractivity contribution in [2.24, 2.45) is 11.7 Å². The third kappa shape index (κ3) is 5.58. The highest BCUT2D eigenvalue weighted by molar-refractivity contribution is 8.01. The number of nitrogens with two attached hydrogens (primary N) is 1. The predicted octanol–water partition coefficient (Wildman–Crippen LogP) is -0.646. The molecule has 0 amide bonds. The van der Waals surface area contributed by atoms with E-state index in [2.05, 4.69) is 0 Å². The summed E-state index contributed by atoms with van der Waals surface area (Å²) in [6.45, 7) is 0.870. The fourth-order valence-corrected chi connectivity index (χ4v) is 4.69. The van der Waals surface area contributed by atoms with Crippen LogP contribution in [0.1, 0.15) is 18.4 Å². The summed E-state index contributed by atoms with van der Waals surface area (Å²) in [5.74, 6) is -2.31. The highest BCUT2D eigenvalue weighted by Gasteiger charge is 2.55. The molecular formula is C20H29NO8S. The maximum absolute atomic E-state index is 12.7. The van der Waals surface area contributed by atoms with E-state index >= 15 is 0 Å². The molecule has 2 rings (SSSR count). The SMILES string of the molecule is COC(=O)[C@]1(Sc2ccc(C)cc2)C[C@H](O)[C@@H](CC(=O)CO)[C@H]([C@H](O)[C@H](O)CN)O1. The van der Waals surface area contributed by atoms with Crippen LogP contribution < -0.4 is 5.73 Å². The van der Waals surface area contributed by atoms with Gasteiger partial charge in [-0.15, -0.1) is 0 Å². The number of rotatable bonds is 9. The lowest BCUT2D eigenvalue weighted by molar-refractivity contribution is -0.215. The number of methoxy groups -OCH3 is 1. The molecule has 1 aromatic carbocycles. The molecule has 1 aliphatic heterocycles. The number of esters is 1. The van der Waals surface area contributed by atoms with Crippen molar-refractivity contribution >= 4 is 23.5 Å². The predicted molar refractivity (Wildman–Crippen MR) is 109 cm³/mol. The Morgan fingerprint density at radius 2 is 1.97 bits per heavy atom. The number of carbonyl (C=O) groups excluding carboxylic acids is 2. The minimum atomic E-state index is -1.72. The number of ketones is 1. The van der Waals surface area contributed by atoms with Crippen molar-refractivity contribution in [2.45, 2.75) is 54.0 Å². The van der Waals surface area contributed by atoms with Crippen molar-refractivity contribution in [3.8, 4) is 0 Å². The van der Waals surface area contributed by atoms with E-state index in [4.69, 9.17) is 20.3 Å². The Labute approximate surface area is 179 Å². The van der Waals surface area contributed by atoms with Crippen LogP contribution in [0.5, 0.6) is 0 Å². The first kappa shape index (κ1) is 24.7. The standard InChI is InChI=1S/C20H29NO8S/c1-11-3-5-13(6-4-11)30-20(19(27)28-2)8-15(24)14(7-12(23)10-22)18(29-20)17(26)16(25)9-21/h3-6,14-18,22,24-26H,7-10,21H2,1-2H3/t14-,15+,16-,17-,18-,20-/m1/s1. The molecule has 1 aliphatic rings. The molecule has 0 radical (unpaired) electrons. The first-order valence-corrected chi connectivity index (χ1v) is 10.4. The van der Waals surface area contributed by atoms with Crippen molar-refractivity contribution < 1.29 is 39.5 Å². The van der Waals surface area contributed by atoms with Crippen LogP contribution in [0.25, 0.3) is 0 Å². The average molecular weight is 444 g/mol. The fourth-order valence-electron chi connectivity index (χ4n) is 3.45. The molecule has 0 saturated carbocycles. The molecule has 1 aromatic rings. The lowest BCUT2D eigenvalue weighted by Crippen LogP contribution is -2.60. The van der Waals surface area contributed by atoms with E-state index < -0.39 is 53.6 Å². The Bertz CT molecular complexity index is 730. The summed E-state index contributed by atoms with van der Waals surface area (Å²) < 4.78 is 10.9. The molecule has 0 unspecified atom stereocenters. The van der Waals surface area contributed by atoms with Crippen LogP contribution in [0, 0.1) is 12.8 Å². The van der Waals surface area contributed by atoms with Crippen LogP contribution in [-0.4, -0.2) is 81.8 Å². The van der Waals surface area contributed by atoms with E-state index in [0.29, 0.717) is 4.90 Å². The van der Waals surface area contributed by atoms with E-state index in [1.165, 1.54) is 7.11 Å². The number of hydrogen-bond acceptors (Lipinski definition) is 10. The van der Waals surface area contributed by atoms with Crippen LogP contribution in [0.3, 0.4) is 0 Å². The number of thioether (sulfide) groups is 1. The zero-order valence-corrected chi connectivity index (χ0v) is 17.7. The third-order valence-corrected chi connectivity index (χ3v) is 6.40. The molecular weight excluding hydrogens is 414 g/mol. The summed E-state index contributed by atoms with van der Waals surface area (Å²) in [5.41, 5.74) is 6.46. The molecule has 1 fully saturated rings. The van der Waals surface area contributed by atoms with Gasteiger partial charge in [-0.3, -0.25) is 4.79 Å². The van der Waals surface area contributed by atoms with Gasteiger partial charge in [0.25, 0.3) is 0 Å². The van der Waals surface area contributed by atoms with Gasteiger partial charge < -0.3 is 35.6 Å². The van der Waals surface area contributed by atoms with Gasteiger partial charge in [0.1, 0.15) is 12.7 Å². The fraction of sp³-hybridized carbons (Fsp3) is 0.600. The average Bonchev–Trinajstić information content (AvgIpc) is 2.75. The molecule has 0 spiro atoms. The molecule has 0 aliphatic carbocycles. The lowest BCUT2D eigenvalue weighted by atomic mass is 9.81. The molecule has 1 heterocycles. The van der Waals surface area contributed by atoms with Crippen molar-refractivity contribution in [3.05, 3.63) is 29.8 Å². The Morgan fingerprint density at radius 1 is 1.33 bits per heavy atom. The number of benzene rings is 1. The maximum atomic E-state index is 12.7. The smallest absolute Gasteiger partial charge is 0.349 e. The summed E-state index contributed by atoms with van der Waals surface area (Å²) in [7, 11) is 1.18. The molecule has 30 heavy (non-hydrogen) atoms. The van der Waals surface area contributed by atoms with Gasteiger partial charge in [0.2, 0.25) is 4.93 Å². The zero-order valence-electron chi connectivity index (χ0n) is 16.9. The van der Waals surface area contributed by atoms with Crippen molar-refractivity contribution in [3.63, 3.8) is 0 Å². The number of carbonyl (C=O) groups is 2. The molecule has 9 nitrogen and oxygen atoms in total. The van der Waals surface area contributed by atoms with Crippen molar-refractivity contribution in [1.82, 2.24) is 0 Å². The highest BCUT2D eigenvalue weighted by atomic mass is 32.2. The van der Waals surface area contributed by atoms with Crippen molar-refractivity contribution in [1.29, 1.82) is 0 Å². The Morgan fingerprint density at radius 3 is 2.50 bits per heavy atom. The van der Waals surface area contributed by atoms with Gasteiger partial charge in [-0.1, -0.05) is 29.5 Å². The minimum absolute atomic E-state index is 0.219. The van der Waals surface area contributed by atoms with E-state index in [1.807, 2.05) is 19.1 Å². The summed E-state index contributed by atoms with van der Waals surface area (Å²) in [6, 6.07) is 7.25. The van der Waals surface area contributed by atoms with Gasteiger partial charge in [0, 0.05) is 30.2 Å². The first-order valence-electron chi connectivity index (χ1n) is 9.56. The Balaban J connectivity index is 2.44. The number of aryl methyl sites for hydroxylation is 1. The van der Waals surface area contributed by atoms with Crippen LogP contribution in [0.15, 0.2) is 29.2 Å². The van der Waals surface area contributed by atoms with E-state index in [9.17, 15) is 24.9 Å². The number of aliphatic hydroxyl groups excluding tert-OH is 4. The Hall–Kier alpha value is -1.53. The molecule has 1 saturated heterocycles. The number of ether oxygens (including phenoxy) is 2. The Kier molecular flexibility index (Phi) is 8.80. The topological polar surface area (TPSA) is 160 Å². The van der Waals surface area contributed by atoms with Crippen molar-refractivity contribution in [2.75, 3.05) is 20.3 Å². The third-order valence-electron chi connectivity index (χ3n) is 5.13. The normalized spacial score (nSPS) is 28.6. The van der Waals surface area contributed by atoms with Crippen LogP contribution in [0.4, 0.5) is 0 Å². The summed E-state index contributed by atoms with van der Waals surface area (Å²) in [4.78, 5) is 23.5. The minimum Gasteiger partial charge on any atom is -0.466 e. The maximum Gasteiger partial charge on any atom is 0.349 e. The van der Waals surface area contributed by atoms with Gasteiger partial charge in [-0.05, 0) is 19.1 Å². The number of Topliss-reactive ketones (excluding diaryl/α,β-unsaturated/α-hetero) is 1. The summed E-state index contributed by atoms with van der Waals surface area (Å²) in [6.07, 6.45) is -6.07. The van der Waals surface area contributed by atoms with Gasteiger partial charge in [-0.2, -0.15) is 0 Å². The molecule has 0 aromatic heterocycles. The number of hydrogen-bond donors (Lipinski definition) is 5. The van der Waals surface area contributed by atoms with Gasteiger partial charge in [0.05, 0.1) is 25.4 Å². The van der Waals surface area contributed by atoms with Crippen LogP contribution in [0.2, 0.25) is 0 Å². The molecule has 168 valence electrons. The molecule has 0 bridgehead atoms. The van der Waals surface area contributed by atoms with Crippen LogP contribution in [-0.2, 0) is 19.1 Å². The molecule has 6 atom stereocenters. The second-order valence-electron chi connectivity index (χ2n) is 7.37. The second-order valence-corrected chi connectivity index (χ2v) is 8.71. The monoisotopic (exact) mass is 443 g/mol. The lowest BCUT2D eigenvalue weighted by Gasteiger charge is -2.47. The van der Waals surface area contributed by atoms with Gasteiger partial charge >= 0.3 is 5.97 Å².